The lowest BCUT2D eigenvalue weighted by Gasteiger charge is -2.07. The van der Waals surface area contributed by atoms with Gasteiger partial charge >= 0.3 is 0 Å². The summed E-state index contributed by atoms with van der Waals surface area (Å²) in [6.45, 7) is 4.57. The molecule has 0 aliphatic rings. The van der Waals surface area contributed by atoms with Gasteiger partial charge in [0.25, 0.3) is 0 Å². The molecule has 0 radical (unpaired) electrons. The number of benzene rings is 1. The van der Waals surface area contributed by atoms with Crippen LogP contribution in [0.1, 0.15) is 101 Å². The van der Waals surface area contributed by atoms with Crippen LogP contribution in [0.15, 0.2) is 35.3 Å². The van der Waals surface area contributed by atoms with E-state index in [1.807, 2.05) is 33.7 Å². The van der Waals surface area contributed by atoms with Crippen molar-refractivity contribution < 1.29 is 0 Å². The molecule has 0 bridgehead atoms. The van der Waals surface area contributed by atoms with Gasteiger partial charge in [0.2, 0.25) is 0 Å². The molecule has 0 saturated heterocycles. The summed E-state index contributed by atoms with van der Waals surface area (Å²) in [7, 11) is 0. The minimum absolute atomic E-state index is 1.15. The number of aromatic nitrogens is 2. The quantitative estimate of drug-likeness (QED) is 0.108. The lowest BCUT2D eigenvalue weighted by Crippen LogP contribution is -1.84. The van der Waals surface area contributed by atoms with E-state index >= 15 is 0 Å². The fourth-order valence-corrected chi connectivity index (χ4v) is 9.37. The monoisotopic (exact) mass is 580 g/mol. The average Bonchev–Trinajstić information content (AvgIpc) is 3.74. The highest BCUT2D eigenvalue weighted by molar-refractivity contribution is 7.22. The predicted octanol–water partition coefficient (Wildman–Crippen LogP) is 12.2. The van der Waals surface area contributed by atoms with Gasteiger partial charge in [-0.05, 0) is 49.9 Å². The Bertz CT molecular complexity index is 1260. The summed E-state index contributed by atoms with van der Waals surface area (Å²) >= 11 is 7.46. The van der Waals surface area contributed by atoms with Crippen molar-refractivity contribution in [2.75, 3.05) is 0 Å². The molecule has 4 heterocycles. The average molecular weight is 581 g/mol. The molecule has 0 saturated carbocycles. The van der Waals surface area contributed by atoms with Crippen molar-refractivity contribution in [3.63, 3.8) is 0 Å². The standard InChI is InChI=1S/C32H40N2S4/c1-3-5-7-9-11-13-15-23-17-19-25(37-23)27-29-32(36-21-33-29)28(30-31(27)35-22-34-30)26-20-18-24(38-26)16-14-12-10-8-6-4-2/h17-22H,3-16H2,1-2H3. The highest BCUT2D eigenvalue weighted by atomic mass is 32.1. The Morgan fingerprint density at radius 2 is 0.947 bits per heavy atom. The normalized spacial score (nSPS) is 11.8. The minimum atomic E-state index is 1.15. The van der Waals surface area contributed by atoms with Crippen LogP contribution in [0, 0.1) is 0 Å². The van der Waals surface area contributed by atoms with Gasteiger partial charge in [-0.15, -0.1) is 45.3 Å². The molecule has 6 heteroatoms. The zero-order valence-corrected chi connectivity index (χ0v) is 26.2. The second kappa shape index (κ2) is 14.2. The summed E-state index contributed by atoms with van der Waals surface area (Å²) in [6, 6.07) is 9.35. The number of aryl methyl sites for hydroxylation is 2. The van der Waals surface area contributed by atoms with E-state index in [-0.39, 0.29) is 0 Å². The number of hydrogen-bond acceptors (Lipinski definition) is 6. The zero-order chi connectivity index (χ0) is 26.2. The Labute approximate surface area is 244 Å². The molecule has 4 aromatic heterocycles. The van der Waals surface area contributed by atoms with Gasteiger partial charge in [-0.1, -0.05) is 78.1 Å². The fourth-order valence-electron chi connectivity index (χ4n) is 5.33. The van der Waals surface area contributed by atoms with Crippen molar-refractivity contribution in [1.29, 1.82) is 0 Å². The van der Waals surface area contributed by atoms with Gasteiger partial charge < -0.3 is 0 Å². The van der Waals surface area contributed by atoms with E-state index in [1.54, 1.807) is 22.7 Å². The van der Waals surface area contributed by atoms with Crippen LogP contribution in [-0.4, -0.2) is 9.97 Å². The van der Waals surface area contributed by atoms with Crippen LogP contribution >= 0.6 is 45.3 Å². The van der Waals surface area contributed by atoms with E-state index in [4.69, 9.17) is 9.97 Å². The van der Waals surface area contributed by atoms with Crippen molar-refractivity contribution in [2.45, 2.75) is 104 Å². The first-order chi connectivity index (χ1) is 18.8. The highest BCUT2D eigenvalue weighted by Crippen LogP contribution is 2.48. The van der Waals surface area contributed by atoms with Crippen LogP contribution in [-0.2, 0) is 12.8 Å². The number of fused-ring (bicyclic) bond motifs is 2. The Kier molecular flexibility index (Phi) is 10.4. The van der Waals surface area contributed by atoms with Gasteiger partial charge in [0.1, 0.15) is 0 Å². The van der Waals surface area contributed by atoms with Gasteiger partial charge in [-0.2, -0.15) is 0 Å². The predicted molar refractivity (Wildman–Crippen MR) is 174 cm³/mol. The molecule has 0 atom stereocenters. The van der Waals surface area contributed by atoms with Crippen LogP contribution in [0.2, 0.25) is 0 Å². The first kappa shape index (κ1) is 27.9. The van der Waals surface area contributed by atoms with Gasteiger partial charge in [-0.25, -0.2) is 9.97 Å². The molecule has 1 aromatic carbocycles. The number of thiazole rings is 2. The number of nitrogens with zero attached hydrogens (tertiary/aromatic N) is 2. The molecule has 0 spiro atoms. The molecule has 0 fully saturated rings. The van der Waals surface area contributed by atoms with E-state index < -0.39 is 0 Å². The molecule has 0 amide bonds. The number of hydrogen-bond donors (Lipinski definition) is 0. The van der Waals surface area contributed by atoms with Crippen LogP contribution in [0.25, 0.3) is 41.3 Å². The zero-order valence-electron chi connectivity index (χ0n) is 22.9. The molecule has 202 valence electrons. The molecule has 2 nitrogen and oxygen atoms in total. The Morgan fingerprint density at radius 1 is 0.526 bits per heavy atom. The summed E-state index contributed by atoms with van der Waals surface area (Å²) in [5.41, 5.74) is 8.95. The molecule has 38 heavy (non-hydrogen) atoms. The molecular weight excluding hydrogens is 541 g/mol. The van der Waals surface area contributed by atoms with Crippen LogP contribution in [0.5, 0.6) is 0 Å². The molecule has 5 aromatic rings. The van der Waals surface area contributed by atoms with Crippen molar-refractivity contribution >= 4 is 65.8 Å². The smallest absolute Gasteiger partial charge is 0.0921 e. The third-order valence-electron chi connectivity index (χ3n) is 7.43. The van der Waals surface area contributed by atoms with Crippen molar-refractivity contribution in [3.05, 3.63) is 45.0 Å². The maximum Gasteiger partial charge on any atom is 0.0921 e. The van der Waals surface area contributed by atoms with Gasteiger partial charge in [0.05, 0.1) is 31.5 Å². The third-order valence-corrected chi connectivity index (χ3v) is 11.4. The third kappa shape index (κ3) is 6.57. The summed E-state index contributed by atoms with van der Waals surface area (Å²) in [6.07, 6.45) is 18.6. The molecule has 0 N–H and O–H groups in total. The Morgan fingerprint density at radius 3 is 1.39 bits per heavy atom. The maximum absolute atomic E-state index is 4.92. The van der Waals surface area contributed by atoms with Crippen molar-refractivity contribution in [2.24, 2.45) is 0 Å². The molecule has 0 aliphatic heterocycles. The Balaban J connectivity index is 1.36. The lowest BCUT2D eigenvalue weighted by atomic mass is 10.1. The number of unbranched alkanes of at least 4 members (excludes halogenated alkanes) is 10. The summed E-state index contributed by atoms with van der Waals surface area (Å²) in [5, 5.41) is 0. The minimum Gasteiger partial charge on any atom is -0.244 e. The Hall–Kier alpha value is -1.60. The van der Waals surface area contributed by atoms with E-state index in [2.05, 4.69) is 38.1 Å². The first-order valence-corrected chi connectivity index (χ1v) is 18.0. The van der Waals surface area contributed by atoms with Crippen LogP contribution < -0.4 is 0 Å². The molecular formula is C32H40N2S4. The lowest BCUT2D eigenvalue weighted by molar-refractivity contribution is 0.609. The van der Waals surface area contributed by atoms with Crippen LogP contribution in [0.3, 0.4) is 0 Å². The number of rotatable bonds is 16. The van der Waals surface area contributed by atoms with Gasteiger partial charge in [0, 0.05) is 30.6 Å². The molecule has 5 rings (SSSR count). The van der Waals surface area contributed by atoms with E-state index in [0.29, 0.717) is 0 Å². The highest BCUT2D eigenvalue weighted by Gasteiger charge is 2.22. The number of thiophene rings is 2. The topological polar surface area (TPSA) is 25.8 Å². The maximum atomic E-state index is 4.92. The molecule has 0 unspecified atom stereocenters. The summed E-state index contributed by atoms with van der Waals surface area (Å²) in [5.74, 6) is 0. The van der Waals surface area contributed by atoms with E-state index in [9.17, 15) is 0 Å². The SMILES string of the molecule is CCCCCCCCc1ccc(-c2c3ncsc3c(-c3ccc(CCCCCCCC)s3)c3ncsc23)s1. The fraction of sp³-hybridized carbons (Fsp3) is 0.500. The summed E-state index contributed by atoms with van der Waals surface area (Å²) < 4.78 is 2.58. The van der Waals surface area contributed by atoms with Gasteiger partial charge in [0.15, 0.2) is 0 Å². The molecule has 0 aliphatic carbocycles. The van der Waals surface area contributed by atoms with Crippen LogP contribution in [0.4, 0.5) is 0 Å². The summed E-state index contributed by atoms with van der Waals surface area (Å²) in [4.78, 5) is 15.5. The first-order valence-electron chi connectivity index (χ1n) is 14.6. The van der Waals surface area contributed by atoms with Gasteiger partial charge in [-0.3, -0.25) is 0 Å². The second-order valence-corrected chi connectivity index (χ2v) is 14.4. The second-order valence-electron chi connectivity index (χ2n) is 10.4. The van der Waals surface area contributed by atoms with E-state index in [0.717, 1.165) is 11.0 Å². The van der Waals surface area contributed by atoms with E-state index in [1.165, 1.54) is 130 Å². The largest absolute Gasteiger partial charge is 0.244 e. The van der Waals surface area contributed by atoms with Crippen molar-refractivity contribution in [1.82, 2.24) is 9.97 Å². The van der Waals surface area contributed by atoms with Crippen molar-refractivity contribution in [3.8, 4) is 20.9 Å².